The van der Waals surface area contributed by atoms with Crippen LogP contribution in [0.4, 0.5) is 14.5 Å². The number of pyridine rings is 1. The van der Waals surface area contributed by atoms with E-state index >= 15 is 0 Å². The Kier molecular flexibility index (Phi) is 4.69. The molecule has 0 spiro atoms. The summed E-state index contributed by atoms with van der Waals surface area (Å²) in [6.07, 6.45) is 1.55. The van der Waals surface area contributed by atoms with Gasteiger partial charge in [-0.15, -0.1) is 0 Å². The molecule has 0 aliphatic heterocycles. The average molecular weight is 345 g/mol. The van der Waals surface area contributed by atoms with Gasteiger partial charge in [0.1, 0.15) is 11.6 Å². The lowest BCUT2D eigenvalue weighted by molar-refractivity contribution is 0.0948. The molecule has 0 radical (unpaired) electrons. The van der Waals surface area contributed by atoms with Crippen LogP contribution >= 0.6 is 0 Å². The normalized spacial score (nSPS) is 10.5. The lowest BCUT2D eigenvalue weighted by atomic mass is 10.2. The van der Waals surface area contributed by atoms with Gasteiger partial charge in [0.25, 0.3) is 11.8 Å². The maximum atomic E-state index is 14.2. The molecule has 25 heavy (non-hydrogen) atoms. The Balaban J connectivity index is 2.00. The maximum Gasteiger partial charge on any atom is 0.297 e. The number of carbonyl (C=O) groups excluding carboxylic acids is 1. The van der Waals surface area contributed by atoms with Gasteiger partial charge < -0.3 is 9.26 Å². The molecule has 0 N–H and O–H groups in total. The summed E-state index contributed by atoms with van der Waals surface area (Å²) in [5, 5.41) is 3.56. The first kappa shape index (κ1) is 16.6. The van der Waals surface area contributed by atoms with Crippen LogP contribution in [-0.4, -0.2) is 23.2 Å². The van der Waals surface area contributed by atoms with Gasteiger partial charge in [0.2, 0.25) is 5.76 Å². The van der Waals surface area contributed by atoms with E-state index in [2.05, 4.69) is 10.1 Å². The summed E-state index contributed by atoms with van der Waals surface area (Å²) >= 11 is 0. The van der Waals surface area contributed by atoms with Crippen LogP contribution in [0.5, 0.6) is 5.88 Å². The molecule has 1 aromatic carbocycles. The van der Waals surface area contributed by atoms with E-state index in [0.717, 1.165) is 11.0 Å². The number of nitrogens with zero attached hydrogens (tertiary/aromatic N) is 3. The molecule has 0 saturated carbocycles. The Morgan fingerprint density at radius 1 is 1.24 bits per heavy atom. The molecule has 0 saturated heterocycles. The number of aromatic nitrogens is 2. The first-order valence-corrected chi connectivity index (χ1v) is 7.26. The molecule has 0 bridgehead atoms. The number of carbonyl (C=O) groups is 1. The van der Waals surface area contributed by atoms with Crippen molar-refractivity contribution in [1.82, 2.24) is 10.1 Å². The highest BCUT2D eigenvalue weighted by Crippen LogP contribution is 2.25. The summed E-state index contributed by atoms with van der Waals surface area (Å²) in [6, 6.07) is 9.38. The minimum Gasteiger partial charge on any atom is -0.479 e. The second-order valence-corrected chi connectivity index (χ2v) is 5.04. The second-order valence-electron chi connectivity index (χ2n) is 5.04. The molecular weight excluding hydrogens is 332 g/mol. The molecule has 3 rings (SSSR count). The lowest BCUT2D eigenvalue weighted by Crippen LogP contribution is -2.31. The summed E-state index contributed by atoms with van der Waals surface area (Å²) < 4.78 is 37.3. The number of ether oxygens (including phenoxy) is 1. The van der Waals surface area contributed by atoms with E-state index in [1.807, 2.05) is 0 Å². The molecule has 0 atom stereocenters. The number of hydrogen-bond acceptors (Lipinski definition) is 5. The number of benzene rings is 1. The van der Waals surface area contributed by atoms with Crippen LogP contribution < -0.4 is 9.64 Å². The third-order valence-electron chi connectivity index (χ3n) is 3.40. The number of halogens is 2. The van der Waals surface area contributed by atoms with Crippen molar-refractivity contribution < 1.29 is 22.8 Å². The van der Waals surface area contributed by atoms with Crippen LogP contribution in [0.25, 0.3) is 0 Å². The summed E-state index contributed by atoms with van der Waals surface area (Å²) in [5.41, 5.74) is 0.415. The monoisotopic (exact) mass is 345 g/mol. The number of methoxy groups -OCH3 is 1. The molecule has 0 fully saturated rings. The Bertz CT molecular complexity index is 884. The van der Waals surface area contributed by atoms with E-state index in [0.29, 0.717) is 11.8 Å². The highest BCUT2D eigenvalue weighted by Gasteiger charge is 2.25. The average Bonchev–Trinajstić information content (AvgIpc) is 3.10. The van der Waals surface area contributed by atoms with Gasteiger partial charge in [-0.2, -0.15) is 0 Å². The largest absolute Gasteiger partial charge is 0.479 e. The quantitative estimate of drug-likeness (QED) is 0.710. The van der Waals surface area contributed by atoms with Gasteiger partial charge in [-0.25, -0.2) is 8.78 Å². The Morgan fingerprint density at radius 3 is 2.72 bits per heavy atom. The zero-order valence-corrected chi connectivity index (χ0v) is 13.1. The first-order chi connectivity index (χ1) is 12.1. The summed E-state index contributed by atoms with van der Waals surface area (Å²) in [5.74, 6) is -2.31. The predicted molar refractivity (Wildman–Crippen MR) is 84.2 cm³/mol. The van der Waals surface area contributed by atoms with Crippen LogP contribution in [-0.2, 0) is 6.54 Å². The standard InChI is InChI=1S/C17H13F2N3O3/c1-24-16-9-15(25-21-16)17(23)22(10-12-4-2-3-7-20-12)14-6-5-11(18)8-13(14)19/h2-9H,10H2,1H3. The molecule has 0 unspecified atom stereocenters. The van der Waals surface area contributed by atoms with E-state index in [9.17, 15) is 13.6 Å². The van der Waals surface area contributed by atoms with Gasteiger partial charge in [-0.3, -0.25) is 14.7 Å². The van der Waals surface area contributed by atoms with Gasteiger partial charge >= 0.3 is 0 Å². The molecular formula is C17H13F2N3O3. The van der Waals surface area contributed by atoms with Gasteiger partial charge in [0, 0.05) is 12.3 Å². The van der Waals surface area contributed by atoms with Crippen molar-refractivity contribution in [2.75, 3.05) is 12.0 Å². The minimum absolute atomic E-state index is 0.0365. The Labute approximate surface area is 141 Å². The molecule has 2 heterocycles. The van der Waals surface area contributed by atoms with Crippen molar-refractivity contribution in [3.8, 4) is 5.88 Å². The fourth-order valence-electron chi connectivity index (χ4n) is 2.21. The van der Waals surface area contributed by atoms with Gasteiger partial charge in [-0.05, 0) is 29.4 Å². The van der Waals surface area contributed by atoms with E-state index in [4.69, 9.17) is 9.26 Å². The summed E-state index contributed by atoms with van der Waals surface area (Å²) in [4.78, 5) is 18.0. The fraction of sp³-hybridized carbons (Fsp3) is 0.118. The first-order valence-electron chi connectivity index (χ1n) is 7.26. The van der Waals surface area contributed by atoms with Crippen molar-refractivity contribution in [3.63, 3.8) is 0 Å². The Morgan fingerprint density at radius 2 is 2.08 bits per heavy atom. The zero-order valence-electron chi connectivity index (χ0n) is 13.1. The minimum atomic E-state index is -0.879. The highest BCUT2D eigenvalue weighted by molar-refractivity contribution is 6.04. The second kappa shape index (κ2) is 7.08. The van der Waals surface area contributed by atoms with E-state index in [-0.39, 0.29) is 23.9 Å². The molecule has 3 aromatic rings. The highest BCUT2D eigenvalue weighted by atomic mass is 19.1. The molecule has 0 aliphatic rings. The smallest absolute Gasteiger partial charge is 0.297 e. The van der Waals surface area contributed by atoms with E-state index in [1.165, 1.54) is 19.2 Å². The molecule has 6 nitrogen and oxygen atoms in total. The van der Waals surface area contributed by atoms with Crippen LogP contribution in [0.2, 0.25) is 0 Å². The van der Waals surface area contributed by atoms with Crippen LogP contribution in [0.15, 0.2) is 53.2 Å². The van der Waals surface area contributed by atoms with Gasteiger partial charge in [-0.1, -0.05) is 6.07 Å². The maximum absolute atomic E-state index is 14.2. The Hall–Kier alpha value is -3.29. The summed E-state index contributed by atoms with van der Waals surface area (Å²) in [7, 11) is 1.37. The van der Waals surface area contributed by atoms with E-state index < -0.39 is 17.5 Å². The zero-order chi connectivity index (χ0) is 17.8. The topological polar surface area (TPSA) is 68.5 Å². The third kappa shape index (κ3) is 3.63. The number of amides is 1. The molecule has 2 aromatic heterocycles. The molecule has 0 aliphatic carbocycles. The van der Waals surface area contributed by atoms with Crippen molar-refractivity contribution in [2.45, 2.75) is 6.54 Å². The van der Waals surface area contributed by atoms with Crippen molar-refractivity contribution in [2.24, 2.45) is 0 Å². The van der Waals surface area contributed by atoms with Crippen LogP contribution in [0.3, 0.4) is 0 Å². The molecule has 128 valence electrons. The van der Waals surface area contributed by atoms with Crippen LogP contribution in [0, 0.1) is 11.6 Å². The van der Waals surface area contributed by atoms with Crippen molar-refractivity contribution in [3.05, 3.63) is 71.8 Å². The van der Waals surface area contributed by atoms with Gasteiger partial charge in [0.15, 0.2) is 0 Å². The number of anilines is 1. The van der Waals surface area contributed by atoms with Crippen molar-refractivity contribution >= 4 is 11.6 Å². The van der Waals surface area contributed by atoms with Crippen LogP contribution in [0.1, 0.15) is 16.2 Å². The van der Waals surface area contributed by atoms with E-state index in [1.54, 1.807) is 24.4 Å². The SMILES string of the molecule is COc1cc(C(=O)N(Cc2ccccn2)c2ccc(F)cc2F)on1. The predicted octanol–water partition coefficient (Wildman–Crippen LogP) is 3.20. The fourth-order valence-corrected chi connectivity index (χ4v) is 2.21. The molecule has 8 heteroatoms. The number of rotatable bonds is 5. The lowest BCUT2D eigenvalue weighted by Gasteiger charge is -2.21. The third-order valence-corrected chi connectivity index (χ3v) is 3.40. The summed E-state index contributed by atoms with van der Waals surface area (Å²) in [6.45, 7) is -0.0365. The number of hydrogen-bond donors (Lipinski definition) is 0. The van der Waals surface area contributed by atoms with Gasteiger partial charge in [0.05, 0.1) is 31.1 Å². The van der Waals surface area contributed by atoms with Crippen molar-refractivity contribution in [1.29, 1.82) is 0 Å². The molecule has 1 amide bonds.